The van der Waals surface area contributed by atoms with Gasteiger partial charge in [-0.05, 0) is 53.8 Å². The Balaban J connectivity index is 1.04. The molecule has 2 aliphatic rings. The van der Waals surface area contributed by atoms with E-state index in [1.54, 1.807) is 4.90 Å². The third-order valence-electron chi connectivity index (χ3n) is 8.91. The van der Waals surface area contributed by atoms with Crippen LogP contribution in [0.2, 0.25) is 0 Å². The lowest BCUT2D eigenvalue weighted by Crippen LogP contribution is -2.37. The van der Waals surface area contributed by atoms with E-state index in [-0.39, 0.29) is 23.1 Å². The van der Waals surface area contributed by atoms with Crippen molar-refractivity contribution in [3.05, 3.63) is 71.2 Å². The standard InChI is InChI=1S/C32H34FN9O4S/c1-3-19-14-28(43)23(33)15-22(19)20-5-6-21-25(13-20)38-39-30(21)31-36-24-7-9-41(18-27(24)37-31)32(44)26-16-35-29(17-34-26)40(2)10-11-42-8-4-12-47(42,45)46/h5-6,13-17,43H,3-4,7-12,18H2,1-2H3,(H,36,37)(H,38,39). The number of anilines is 1. The number of aromatic hydroxyl groups is 1. The molecule has 1 amide bonds. The molecule has 0 atom stereocenters. The van der Waals surface area contributed by atoms with Gasteiger partial charge in [0, 0.05) is 45.0 Å². The number of imidazole rings is 1. The van der Waals surface area contributed by atoms with Gasteiger partial charge in [-0.1, -0.05) is 13.0 Å². The molecule has 244 valence electrons. The second-order valence-corrected chi connectivity index (χ2v) is 14.0. The van der Waals surface area contributed by atoms with Gasteiger partial charge >= 0.3 is 0 Å². The maximum atomic E-state index is 14.2. The minimum Gasteiger partial charge on any atom is -0.505 e. The zero-order chi connectivity index (χ0) is 32.9. The molecule has 1 saturated heterocycles. The molecule has 0 radical (unpaired) electrons. The molecule has 13 nitrogen and oxygen atoms in total. The van der Waals surface area contributed by atoms with Crippen molar-refractivity contribution in [1.82, 2.24) is 39.3 Å². The highest BCUT2D eigenvalue weighted by atomic mass is 32.2. The van der Waals surface area contributed by atoms with Gasteiger partial charge in [0.05, 0.1) is 41.6 Å². The predicted octanol–water partition coefficient (Wildman–Crippen LogP) is 3.49. The molecule has 1 fully saturated rings. The Labute approximate surface area is 270 Å². The van der Waals surface area contributed by atoms with Gasteiger partial charge in [0.25, 0.3) is 5.91 Å². The van der Waals surface area contributed by atoms with Crippen molar-refractivity contribution in [1.29, 1.82) is 0 Å². The number of likely N-dealkylation sites (N-methyl/N-ethyl adjacent to an activating group) is 1. The number of nitrogens with one attached hydrogen (secondary N) is 2. The molecule has 0 aliphatic carbocycles. The van der Waals surface area contributed by atoms with E-state index in [0.29, 0.717) is 74.9 Å². The molecule has 15 heteroatoms. The maximum Gasteiger partial charge on any atom is 0.274 e. The zero-order valence-electron chi connectivity index (χ0n) is 26.0. The number of benzene rings is 2. The molecule has 0 saturated carbocycles. The van der Waals surface area contributed by atoms with Crippen molar-refractivity contribution in [2.45, 2.75) is 32.7 Å². The first-order chi connectivity index (χ1) is 22.6. The molecule has 5 heterocycles. The van der Waals surface area contributed by atoms with Crippen LogP contribution in [0.3, 0.4) is 0 Å². The lowest BCUT2D eigenvalue weighted by atomic mass is 9.96. The first-order valence-electron chi connectivity index (χ1n) is 15.5. The summed E-state index contributed by atoms with van der Waals surface area (Å²) >= 11 is 0. The maximum absolute atomic E-state index is 14.2. The molecule has 0 spiro atoms. The van der Waals surface area contributed by atoms with E-state index >= 15 is 0 Å². The Bertz CT molecular complexity index is 2100. The minimum atomic E-state index is -3.16. The summed E-state index contributed by atoms with van der Waals surface area (Å²) in [6.07, 6.45) is 4.83. The Hall–Kier alpha value is -4.89. The largest absolute Gasteiger partial charge is 0.505 e. The molecule has 2 aromatic carbocycles. The fourth-order valence-corrected chi connectivity index (χ4v) is 7.74. The van der Waals surface area contributed by atoms with Gasteiger partial charge < -0.3 is 19.9 Å². The van der Waals surface area contributed by atoms with Crippen molar-refractivity contribution < 1.29 is 22.7 Å². The van der Waals surface area contributed by atoms with Gasteiger partial charge in [-0.3, -0.25) is 9.89 Å². The van der Waals surface area contributed by atoms with Gasteiger partial charge in [0.1, 0.15) is 17.2 Å². The number of fused-ring (bicyclic) bond motifs is 2. The highest BCUT2D eigenvalue weighted by molar-refractivity contribution is 7.89. The molecule has 47 heavy (non-hydrogen) atoms. The van der Waals surface area contributed by atoms with E-state index in [2.05, 4.69) is 25.1 Å². The van der Waals surface area contributed by atoms with Gasteiger partial charge in [-0.25, -0.2) is 32.1 Å². The first kappa shape index (κ1) is 30.7. The SMILES string of the molecule is CCc1cc(O)c(F)cc1-c1ccc2c(-c3nc4c([nH]3)CN(C(=O)c3cnc(N(C)CCN5CCCS5(=O)=O)cn3)CC4)n[nH]c2c1. The Kier molecular flexibility index (Phi) is 7.88. The van der Waals surface area contributed by atoms with E-state index in [9.17, 15) is 22.7 Å². The van der Waals surface area contributed by atoms with E-state index in [1.807, 2.05) is 37.1 Å². The van der Waals surface area contributed by atoms with Crippen molar-refractivity contribution >= 4 is 32.7 Å². The summed E-state index contributed by atoms with van der Waals surface area (Å²) in [5.74, 6) is 0.0546. The van der Waals surface area contributed by atoms with Crippen LogP contribution in [0.15, 0.2) is 42.7 Å². The van der Waals surface area contributed by atoms with Gasteiger partial charge in [0.15, 0.2) is 17.4 Å². The normalized spacial score (nSPS) is 16.1. The second kappa shape index (κ2) is 12.0. The van der Waals surface area contributed by atoms with Gasteiger partial charge in [-0.2, -0.15) is 5.10 Å². The Morgan fingerprint density at radius 1 is 1.15 bits per heavy atom. The van der Waals surface area contributed by atoms with Crippen molar-refractivity contribution in [2.75, 3.05) is 43.9 Å². The molecule has 0 unspecified atom stereocenters. The van der Waals surface area contributed by atoms with E-state index in [1.165, 1.54) is 28.8 Å². The summed E-state index contributed by atoms with van der Waals surface area (Å²) in [6.45, 7) is 4.12. The van der Waals surface area contributed by atoms with Crippen LogP contribution < -0.4 is 4.90 Å². The number of halogens is 1. The molecular formula is C32H34FN9O4S. The molecule has 7 rings (SSSR count). The summed E-state index contributed by atoms with van der Waals surface area (Å²) in [5, 5.41) is 18.2. The van der Waals surface area contributed by atoms with Gasteiger partial charge in [-0.15, -0.1) is 0 Å². The number of carbonyl (C=O) groups is 1. The number of hydrogen-bond donors (Lipinski definition) is 3. The number of aromatic nitrogens is 6. The van der Waals surface area contributed by atoms with Crippen LogP contribution in [0.25, 0.3) is 33.5 Å². The van der Waals surface area contributed by atoms with Crippen molar-refractivity contribution in [3.63, 3.8) is 0 Å². The number of sulfonamides is 1. The monoisotopic (exact) mass is 659 g/mol. The number of nitrogens with zero attached hydrogens (tertiary/aromatic N) is 7. The third-order valence-corrected chi connectivity index (χ3v) is 10.9. The number of rotatable bonds is 8. The first-order valence-corrected chi connectivity index (χ1v) is 17.1. The summed E-state index contributed by atoms with van der Waals surface area (Å²) < 4.78 is 39.9. The summed E-state index contributed by atoms with van der Waals surface area (Å²) in [4.78, 5) is 33.8. The zero-order valence-corrected chi connectivity index (χ0v) is 26.8. The second-order valence-electron chi connectivity index (χ2n) is 11.9. The van der Waals surface area contributed by atoms with E-state index < -0.39 is 15.8 Å². The summed E-state index contributed by atoms with van der Waals surface area (Å²) in [6, 6.07) is 8.54. The number of phenols is 1. The third kappa shape index (κ3) is 5.80. The highest BCUT2D eigenvalue weighted by Gasteiger charge is 2.29. The quantitative estimate of drug-likeness (QED) is 0.226. The highest BCUT2D eigenvalue weighted by Crippen LogP contribution is 2.34. The molecule has 5 aromatic rings. The van der Waals surface area contributed by atoms with Gasteiger partial charge in [0.2, 0.25) is 10.0 Å². The lowest BCUT2D eigenvalue weighted by molar-refractivity contribution is 0.0725. The van der Waals surface area contributed by atoms with Crippen LogP contribution >= 0.6 is 0 Å². The average Bonchev–Trinajstić information content (AvgIpc) is 3.79. The molecule has 3 N–H and O–H groups in total. The van der Waals surface area contributed by atoms with Crippen LogP contribution in [0.5, 0.6) is 5.75 Å². The fourth-order valence-electron chi connectivity index (χ4n) is 6.22. The smallest absolute Gasteiger partial charge is 0.274 e. The number of phenolic OH excluding ortho intramolecular Hbond substituents is 1. The Morgan fingerprint density at radius 2 is 2.00 bits per heavy atom. The topological polar surface area (TPSA) is 164 Å². The van der Waals surface area contributed by atoms with Crippen LogP contribution in [-0.4, -0.2) is 97.7 Å². The molecular weight excluding hydrogens is 625 g/mol. The number of carbonyl (C=O) groups excluding carboxylic acids is 1. The molecule has 0 bridgehead atoms. The molecule has 3 aromatic heterocycles. The number of amides is 1. The number of hydrogen-bond acceptors (Lipinski definition) is 9. The summed E-state index contributed by atoms with van der Waals surface area (Å²) in [7, 11) is -1.35. The lowest BCUT2D eigenvalue weighted by Gasteiger charge is -2.26. The number of aryl methyl sites for hydroxylation is 1. The Morgan fingerprint density at radius 3 is 2.74 bits per heavy atom. The van der Waals surface area contributed by atoms with Crippen molar-refractivity contribution in [3.8, 4) is 28.4 Å². The predicted molar refractivity (Wildman–Crippen MR) is 174 cm³/mol. The average molecular weight is 660 g/mol. The van der Waals surface area contributed by atoms with Crippen LogP contribution in [-0.2, 0) is 29.4 Å². The number of H-pyrrole nitrogens is 2. The molecule has 2 aliphatic heterocycles. The van der Waals surface area contributed by atoms with Crippen LogP contribution in [0.1, 0.15) is 40.8 Å². The fraction of sp³-hybridized carbons (Fsp3) is 0.344. The van der Waals surface area contributed by atoms with Crippen molar-refractivity contribution in [2.24, 2.45) is 0 Å². The van der Waals surface area contributed by atoms with Crippen LogP contribution in [0.4, 0.5) is 10.2 Å². The summed E-state index contributed by atoms with van der Waals surface area (Å²) in [5.41, 5.74) is 5.65. The van der Waals surface area contributed by atoms with E-state index in [4.69, 9.17) is 4.98 Å². The van der Waals surface area contributed by atoms with E-state index in [0.717, 1.165) is 33.4 Å². The van der Waals surface area contributed by atoms with Crippen LogP contribution in [0, 0.1) is 5.82 Å². The number of aromatic amines is 2. The minimum absolute atomic E-state index is 0.193.